The number of likely N-dealkylation sites (tertiary alicyclic amines) is 1. The van der Waals surface area contributed by atoms with Gasteiger partial charge in [0.25, 0.3) is 0 Å². The fraction of sp³-hybridized carbons (Fsp3) is 0.579. The van der Waals surface area contributed by atoms with E-state index in [1.165, 1.54) is 24.0 Å². The molecule has 2 fully saturated rings. The van der Waals surface area contributed by atoms with Crippen LogP contribution in [-0.2, 0) is 17.7 Å². The summed E-state index contributed by atoms with van der Waals surface area (Å²) in [6, 6.07) is 6.82. The molecule has 1 aromatic carbocycles. The molecule has 3 aliphatic rings. The molecule has 2 aromatic rings. The van der Waals surface area contributed by atoms with Gasteiger partial charge in [0.1, 0.15) is 11.6 Å². The SMILES string of the molecule is CO[C@@H]1C[C@@H](c2nc(C3CC3)n[nH]2)N(Cc2ccc3c(c2)CCO3)C1. The summed E-state index contributed by atoms with van der Waals surface area (Å²) in [6.45, 7) is 2.63. The van der Waals surface area contributed by atoms with Gasteiger partial charge in [0.2, 0.25) is 0 Å². The number of ether oxygens (including phenoxy) is 2. The number of hydrogen-bond donors (Lipinski definition) is 1. The predicted octanol–water partition coefficient (Wildman–Crippen LogP) is 2.58. The second-order valence-corrected chi connectivity index (χ2v) is 7.43. The molecule has 1 saturated carbocycles. The molecule has 1 saturated heterocycles. The Morgan fingerprint density at radius 1 is 1.36 bits per heavy atom. The third kappa shape index (κ3) is 2.93. The van der Waals surface area contributed by atoms with Gasteiger partial charge in [0, 0.05) is 32.5 Å². The van der Waals surface area contributed by atoms with Crippen molar-refractivity contribution >= 4 is 0 Å². The summed E-state index contributed by atoms with van der Waals surface area (Å²) in [5.74, 6) is 3.60. The Balaban J connectivity index is 1.37. The van der Waals surface area contributed by atoms with Crippen molar-refractivity contribution in [3.63, 3.8) is 0 Å². The van der Waals surface area contributed by atoms with Crippen LogP contribution in [0.3, 0.4) is 0 Å². The van der Waals surface area contributed by atoms with Gasteiger partial charge in [-0.25, -0.2) is 4.98 Å². The number of fused-ring (bicyclic) bond motifs is 1. The Morgan fingerprint density at radius 2 is 2.28 bits per heavy atom. The Kier molecular flexibility index (Phi) is 3.75. The first-order valence-corrected chi connectivity index (χ1v) is 9.24. The van der Waals surface area contributed by atoms with Crippen molar-refractivity contribution in [1.82, 2.24) is 20.1 Å². The van der Waals surface area contributed by atoms with Gasteiger partial charge in [0.05, 0.1) is 18.8 Å². The number of aromatic amines is 1. The second-order valence-electron chi connectivity index (χ2n) is 7.43. The summed E-state index contributed by atoms with van der Waals surface area (Å²) >= 11 is 0. The lowest BCUT2D eigenvalue weighted by Crippen LogP contribution is -2.25. The molecule has 132 valence electrons. The van der Waals surface area contributed by atoms with Crippen LogP contribution >= 0.6 is 0 Å². The number of aromatic nitrogens is 3. The van der Waals surface area contributed by atoms with Gasteiger partial charge < -0.3 is 9.47 Å². The number of hydrogen-bond acceptors (Lipinski definition) is 5. The minimum atomic E-state index is 0.245. The minimum absolute atomic E-state index is 0.245. The van der Waals surface area contributed by atoms with Gasteiger partial charge in [-0.05, 0) is 36.5 Å². The van der Waals surface area contributed by atoms with Crippen LogP contribution in [0, 0.1) is 0 Å². The highest BCUT2D eigenvalue weighted by Crippen LogP contribution is 2.39. The van der Waals surface area contributed by atoms with Crippen molar-refractivity contribution in [3.05, 3.63) is 41.0 Å². The molecule has 0 spiro atoms. The minimum Gasteiger partial charge on any atom is -0.493 e. The highest BCUT2D eigenvalue weighted by Gasteiger charge is 2.36. The highest BCUT2D eigenvalue weighted by molar-refractivity contribution is 5.39. The Hall–Kier alpha value is -1.92. The molecule has 6 nitrogen and oxygen atoms in total. The lowest BCUT2D eigenvalue weighted by atomic mass is 10.1. The van der Waals surface area contributed by atoms with Crippen LogP contribution in [-0.4, -0.2) is 46.4 Å². The Labute approximate surface area is 147 Å². The molecule has 0 amide bonds. The van der Waals surface area contributed by atoms with E-state index in [1.54, 1.807) is 7.11 Å². The van der Waals surface area contributed by atoms with Crippen LogP contribution in [0.1, 0.15) is 54.0 Å². The van der Waals surface area contributed by atoms with E-state index in [-0.39, 0.29) is 12.1 Å². The van der Waals surface area contributed by atoms with Crippen LogP contribution < -0.4 is 4.74 Å². The molecule has 25 heavy (non-hydrogen) atoms. The summed E-state index contributed by atoms with van der Waals surface area (Å²) in [5, 5.41) is 7.64. The zero-order chi connectivity index (χ0) is 16.8. The van der Waals surface area contributed by atoms with Gasteiger partial charge in [-0.1, -0.05) is 12.1 Å². The van der Waals surface area contributed by atoms with Crippen LogP contribution in [0.4, 0.5) is 0 Å². The average molecular weight is 340 g/mol. The third-order valence-electron chi connectivity index (χ3n) is 5.62. The molecule has 2 atom stereocenters. The zero-order valence-electron chi connectivity index (χ0n) is 14.6. The van der Waals surface area contributed by atoms with E-state index in [0.717, 1.165) is 49.9 Å². The van der Waals surface area contributed by atoms with Crippen LogP contribution in [0.25, 0.3) is 0 Å². The molecule has 1 aromatic heterocycles. The molecule has 3 heterocycles. The second kappa shape index (κ2) is 6.11. The number of benzene rings is 1. The van der Waals surface area contributed by atoms with Crippen molar-refractivity contribution in [3.8, 4) is 5.75 Å². The zero-order valence-corrected chi connectivity index (χ0v) is 14.6. The van der Waals surface area contributed by atoms with E-state index in [0.29, 0.717) is 5.92 Å². The van der Waals surface area contributed by atoms with Gasteiger partial charge in [-0.2, -0.15) is 5.10 Å². The largest absolute Gasteiger partial charge is 0.493 e. The maximum atomic E-state index is 5.65. The highest BCUT2D eigenvalue weighted by atomic mass is 16.5. The number of nitrogens with one attached hydrogen (secondary N) is 1. The van der Waals surface area contributed by atoms with Crippen LogP contribution in [0.15, 0.2) is 18.2 Å². The molecule has 2 aliphatic heterocycles. The van der Waals surface area contributed by atoms with Crippen molar-refractivity contribution in [2.24, 2.45) is 0 Å². The Morgan fingerprint density at radius 3 is 3.12 bits per heavy atom. The lowest BCUT2D eigenvalue weighted by Gasteiger charge is -2.22. The van der Waals surface area contributed by atoms with Gasteiger partial charge in [-0.3, -0.25) is 10.00 Å². The van der Waals surface area contributed by atoms with Crippen molar-refractivity contribution in [1.29, 1.82) is 0 Å². The number of rotatable bonds is 5. The van der Waals surface area contributed by atoms with Crippen LogP contribution in [0.5, 0.6) is 5.75 Å². The number of methoxy groups -OCH3 is 1. The average Bonchev–Trinajstić information content (AvgIpc) is 3.04. The van der Waals surface area contributed by atoms with E-state index in [4.69, 9.17) is 14.5 Å². The summed E-state index contributed by atoms with van der Waals surface area (Å²) in [5.41, 5.74) is 2.65. The van der Waals surface area contributed by atoms with E-state index in [1.807, 2.05) is 0 Å². The third-order valence-corrected chi connectivity index (χ3v) is 5.62. The van der Waals surface area contributed by atoms with E-state index < -0.39 is 0 Å². The first-order chi connectivity index (χ1) is 12.3. The summed E-state index contributed by atoms with van der Waals surface area (Å²) in [4.78, 5) is 7.25. The van der Waals surface area contributed by atoms with E-state index in [2.05, 4.69) is 33.3 Å². The fourth-order valence-electron chi connectivity index (χ4n) is 4.03. The quantitative estimate of drug-likeness (QED) is 0.906. The van der Waals surface area contributed by atoms with Crippen molar-refractivity contribution in [2.75, 3.05) is 20.3 Å². The molecule has 0 unspecified atom stereocenters. The molecule has 1 aliphatic carbocycles. The number of H-pyrrole nitrogens is 1. The van der Waals surface area contributed by atoms with Crippen LogP contribution in [0.2, 0.25) is 0 Å². The maximum Gasteiger partial charge on any atom is 0.153 e. The van der Waals surface area contributed by atoms with Gasteiger partial charge in [-0.15, -0.1) is 0 Å². The molecule has 5 rings (SSSR count). The monoisotopic (exact) mass is 340 g/mol. The molecular formula is C19H24N4O2. The maximum absolute atomic E-state index is 5.65. The van der Waals surface area contributed by atoms with Gasteiger partial charge >= 0.3 is 0 Å². The lowest BCUT2D eigenvalue weighted by molar-refractivity contribution is 0.107. The number of nitrogens with zero attached hydrogens (tertiary/aromatic N) is 3. The molecule has 1 N–H and O–H groups in total. The Bertz CT molecular complexity index is 771. The normalized spacial score (nSPS) is 26.0. The predicted molar refractivity (Wildman–Crippen MR) is 92.6 cm³/mol. The first-order valence-electron chi connectivity index (χ1n) is 9.24. The van der Waals surface area contributed by atoms with E-state index in [9.17, 15) is 0 Å². The van der Waals surface area contributed by atoms with E-state index >= 15 is 0 Å². The summed E-state index contributed by atoms with van der Waals surface area (Å²) in [7, 11) is 1.80. The summed E-state index contributed by atoms with van der Waals surface area (Å²) < 4.78 is 11.3. The molecule has 0 radical (unpaired) electrons. The smallest absolute Gasteiger partial charge is 0.153 e. The standard InChI is InChI=1S/C19H24N4O2/c1-24-15-9-16(19-20-18(21-22-19)13-3-4-13)23(11-15)10-12-2-5-17-14(8-12)6-7-25-17/h2,5,8,13,15-16H,3-4,6-7,9-11H2,1H3,(H,20,21,22)/t15-,16+/m1/s1. The molecule has 0 bridgehead atoms. The van der Waals surface area contributed by atoms with Crippen molar-refractivity contribution in [2.45, 2.75) is 50.3 Å². The van der Waals surface area contributed by atoms with Gasteiger partial charge in [0.15, 0.2) is 5.82 Å². The van der Waals surface area contributed by atoms with Crippen molar-refractivity contribution < 1.29 is 9.47 Å². The summed E-state index contributed by atoms with van der Waals surface area (Å²) in [6.07, 6.45) is 4.68. The fourth-order valence-corrected chi connectivity index (χ4v) is 4.03. The molecule has 6 heteroatoms. The first kappa shape index (κ1) is 15.3. The topological polar surface area (TPSA) is 63.3 Å². The molecular weight excluding hydrogens is 316 g/mol.